The quantitative estimate of drug-likeness (QED) is 0.388. The molecule has 10 nitrogen and oxygen atoms in total. The van der Waals surface area contributed by atoms with Gasteiger partial charge in [-0.05, 0) is 43.7 Å². The summed E-state index contributed by atoms with van der Waals surface area (Å²) in [6, 6.07) is 9.14. The minimum atomic E-state index is -0.594. The number of allylic oxidation sites excluding steroid dienone is 1. The van der Waals surface area contributed by atoms with Crippen molar-refractivity contribution in [3.8, 4) is 28.8 Å². The number of hydrogen-bond acceptors (Lipinski definition) is 9. The lowest BCUT2D eigenvalue weighted by Crippen LogP contribution is -2.24. The van der Waals surface area contributed by atoms with Crippen molar-refractivity contribution in [3.63, 3.8) is 0 Å². The summed E-state index contributed by atoms with van der Waals surface area (Å²) in [4.78, 5) is 26.5. The van der Waals surface area contributed by atoms with Crippen LogP contribution < -0.4 is 14.2 Å². The zero-order chi connectivity index (χ0) is 24.5. The van der Waals surface area contributed by atoms with Gasteiger partial charge in [0.25, 0.3) is 0 Å². The molecule has 0 unspecified atom stereocenters. The van der Waals surface area contributed by atoms with Gasteiger partial charge in [-0.25, -0.2) is 19.3 Å². The SMILES string of the molecule is CCOC(=O)C1=C(C)Oc2ncn3nc(-c4ccncc4)nc3c2[C@H]1c1ccc(OC)c(OC)c1. The summed E-state index contributed by atoms with van der Waals surface area (Å²) in [5, 5.41) is 4.59. The maximum Gasteiger partial charge on any atom is 0.338 e. The summed E-state index contributed by atoms with van der Waals surface area (Å²) in [7, 11) is 3.13. The van der Waals surface area contributed by atoms with Gasteiger partial charge in [0.2, 0.25) is 5.88 Å². The van der Waals surface area contributed by atoms with Crippen LogP contribution in [0.25, 0.3) is 17.0 Å². The van der Waals surface area contributed by atoms with Gasteiger partial charge < -0.3 is 18.9 Å². The number of methoxy groups -OCH3 is 2. The summed E-state index contributed by atoms with van der Waals surface area (Å²) < 4.78 is 23.9. The van der Waals surface area contributed by atoms with Crippen LogP contribution in [0.15, 0.2) is 60.4 Å². The number of fused-ring (bicyclic) bond motifs is 3. The van der Waals surface area contributed by atoms with Gasteiger partial charge in [0.15, 0.2) is 23.0 Å². The van der Waals surface area contributed by atoms with E-state index in [2.05, 4.69) is 15.1 Å². The molecule has 0 saturated carbocycles. The molecule has 0 fully saturated rings. The first-order valence-electron chi connectivity index (χ1n) is 11.0. The lowest BCUT2D eigenvalue weighted by Gasteiger charge is -2.28. The van der Waals surface area contributed by atoms with Crippen molar-refractivity contribution in [1.29, 1.82) is 0 Å². The van der Waals surface area contributed by atoms with Crippen molar-refractivity contribution < 1.29 is 23.7 Å². The normalized spacial score (nSPS) is 14.9. The molecular formula is C25H23N5O5. The molecule has 0 amide bonds. The Labute approximate surface area is 201 Å². The summed E-state index contributed by atoms with van der Waals surface area (Å²) >= 11 is 0. The molecule has 0 N–H and O–H groups in total. The smallest absolute Gasteiger partial charge is 0.338 e. The van der Waals surface area contributed by atoms with Crippen LogP contribution in [0.4, 0.5) is 0 Å². The second-order valence-corrected chi connectivity index (χ2v) is 7.74. The third-order valence-electron chi connectivity index (χ3n) is 5.77. The number of hydrogen-bond donors (Lipinski definition) is 0. The second kappa shape index (κ2) is 9.05. The molecule has 4 aromatic rings. The molecule has 0 aliphatic carbocycles. The van der Waals surface area contributed by atoms with Gasteiger partial charge in [0, 0.05) is 18.0 Å². The van der Waals surface area contributed by atoms with Crippen LogP contribution in [0.3, 0.4) is 0 Å². The van der Waals surface area contributed by atoms with Gasteiger partial charge in [-0.15, -0.1) is 5.10 Å². The fourth-order valence-electron chi connectivity index (χ4n) is 4.20. The maximum atomic E-state index is 13.2. The van der Waals surface area contributed by atoms with E-state index in [-0.39, 0.29) is 6.61 Å². The maximum absolute atomic E-state index is 13.2. The van der Waals surface area contributed by atoms with E-state index < -0.39 is 11.9 Å². The van der Waals surface area contributed by atoms with E-state index in [1.54, 1.807) is 57.4 Å². The Morgan fingerprint density at radius 1 is 1.11 bits per heavy atom. The molecule has 3 aromatic heterocycles. The fraction of sp³-hybridized carbons (Fsp3) is 0.240. The van der Waals surface area contributed by atoms with E-state index in [1.807, 2.05) is 24.3 Å². The van der Waals surface area contributed by atoms with Crippen molar-refractivity contribution in [1.82, 2.24) is 24.6 Å². The zero-order valence-electron chi connectivity index (χ0n) is 19.7. The predicted molar refractivity (Wildman–Crippen MR) is 125 cm³/mol. The van der Waals surface area contributed by atoms with Gasteiger partial charge in [0.05, 0.1) is 37.9 Å². The summed E-state index contributed by atoms with van der Waals surface area (Å²) in [5.74, 6) is 1.27. The summed E-state index contributed by atoms with van der Waals surface area (Å²) in [6.07, 6.45) is 4.89. The number of nitrogens with zero attached hydrogens (tertiary/aromatic N) is 5. The van der Waals surface area contributed by atoms with Crippen LogP contribution in [0.2, 0.25) is 0 Å². The molecule has 0 saturated heterocycles. The average Bonchev–Trinajstić information content (AvgIpc) is 3.32. The molecule has 1 atom stereocenters. The molecular weight excluding hydrogens is 450 g/mol. The van der Waals surface area contributed by atoms with Crippen LogP contribution in [-0.4, -0.2) is 51.4 Å². The largest absolute Gasteiger partial charge is 0.493 e. The molecule has 4 heterocycles. The predicted octanol–water partition coefficient (Wildman–Crippen LogP) is 3.56. The monoisotopic (exact) mass is 473 g/mol. The number of rotatable bonds is 6. The van der Waals surface area contributed by atoms with Gasteiger partial charge in [-0.2, -0.15) is 0 Å². The first-order valence-corrected chi connectivity index (χ1v) is 11.0. The lowest BCUT2D eigenvalue weighted by atomic mass is 9.83. The number of ether oxygens (including phenoxy) is 4. The minimum absolute atomic E-state index is 0.223. The van der Waals surface area contributed by atoms with Gasteiger partial charge in [-0.1, -0.05) is 6.07 Å². The van der Waals surface area contributed by atoms with E-state index in [9.17, 15) is 4.79 Å². The van der Waals surface area contributed by atoms with Crippen molar-refractivity contribution in [2.75, 3.05) is 20.8 Å². The molecule has 178 valence electrons. The van der Waals surface area contributed by atoms with Crippen molar-refractivity contribution >= 4 is 11.6 Å². The first-order chi connectivity index (χ1) is 17.0. The van der Waals surface area contributed by atoms with Crippen LogP contribution in [0, 0.1) is 0 Å². The second-order valence-electron chi connectivity index (χ2n) is 7.74. The third kappa shape index (κ3) is 3.82. The highest BCUT2D eigenvalue weighted by Gasteiger charge is 2.38. The number of pyridine rings is 1. The summed E-state index contributed by atoms with van der Waals surface area (Å²) in [6.45, 7) is 3.71. The molecule has 0 radical (unpaired) electrons. The Balaban J connectivity index is 1.77. The number of benzene rings is 1. The number of carbonyl (C=O) groups excluding carboxylic acids is 1. The third-order valence-corrected chi connectivity index (χ3v) is 5.77. The fourth-order valence-corrected chi connectivity index (χ4v) is 4.20. The van der Waals surface area contributed by atoms with Crippen LogP contribution in [0.5, 0.6) is 17.4 Å². The van der Waals surface area contributed by atoms with Crippen LogP contribution >= 0.6 is 0 Å². The topological polar surface area (TPSA) is 110 Å². The Morgan fingerprint density at radius 2 is 1.89 bits per heavy atom. The van der Waals surface area contributed by atoms with E-state index in [1.165, 1.54) is 0 Å². The lowest BCUT2D eigenvalue weighted by molar-refractivity contribution is -0.139. The molecule has 35 heavy (non-hydrogen) atoms. The Bertz CT molecular complexity index is 1450. The molecule has 0 spiro atoms. The van der Waals surface area contributed by atoms with E-state index in [4.69, 9.17) is 23.9 Å². The molecule has 0 bridgehead atoms. The Kier molecular flexibility index (Phi) is 5.77. The average molecular weight is 473 g/mol. The van der Waals surface area contributed by atoms with Crippen molar-refractivity contribution in [3.05, 3.63) is 71.5 Å². The van der Waals surface area contributed by atoms with Crippen molar-refractivity contribution in [2.24, 2.45) is 0 Å². The highest BCUT2D eigenvalue weighted by molar-refractivity contribution is 5.93. The Hall–Kier alpha value is -4.47. The van der Waals surface area contributed by atoms with E-state index >= 15 is 0 Å². The summed E-state index contributed by atoms with van der Waals surface area (Å²) in [5.41, 5.74) is 3.03. The standard InChI is InChI=1S/C25H23N5O5/c1-5-34-25(31)19-14(2)35-24-21(20(19)16-6-7-17(32-3)18(12-16)33-4)23-28-22(29-30(23)13-27-24)15-8-10-26-11-9-15/h6-13,20H,5H2,1-4H3/t20-/m0/s1. The van der Waals surface area contributed by atoms with Gasteiger partial charge in [0.1, 0.15) is 12.1 Å². The highest BCUT2D eigenvalue weighted by Crippen LogP contribution is 2.46. The van der Waals surface area contributed by atoms with Crippen LogP contribution in [0.1, 0.15) is 30.9 Å². The number of aromatic nitrogens is 5. The zero-order valence-corrected chi connectivity index (χ0v) is 19.7. The van der Waals surface area contributed by atoms with E-state index in [0.717, 1.165) is 11.1 Å². The molecule has 10 heteroatoms. The highest BCUT2D eigenvalue weighted by atomic mass is 16.5. The molecule has 1 aliphatic rings. The van der Waals surface area contributed by atoms with Gasteiger partial charge >= 0.3 is 5.97 Å². The Morgan fingerprint density at radius 3 is 2.60 bits per heavy atom. The molecule has 1 aromatic carbocycles. The number of carbonyl (C=O) groups is 1. The minimum Gasteiger partial charge on any atom is -0.493 e. The molecule has 5 rings (SSSR count). The first kappa shape index (κ1) is 22.3. The molecule has 1 aliphatic heterocycles. The van der Waals surface area contributed by atoms with Crippen molar-refractivity contribution in [2.45, 2.75) is 19.8 Å². The van der Waals surface area contributed by atoms with E-state index in [0.29, 0.717) is 45.7 Å². The van der Waals surface area contributed by atoms with Crippen LogP contribution in [-0.2, 0) is 9.53 Å². The van der Waals surface area contributed by atoms with Gasteiger partial charge in [-0.3, -0.25) is 4.98 Å². The number of esters is 1.